The van der Waals surface area contributed by atoms with Gasteiger partial charge in [0.15, 0.2) is 0 Å². The first-order chi connectivity index (χ1) is 9.26. The van der Waals surface area contributed by atoms with Crippen LogP contribution in [-0.2, 0) is 6.42 Å². The van der Waals surface area contributed by atoms with E-state index < -0.39 is 0 Å². The molecular weight excluding hydrogens is 236 g/mol. The Balaban J connectivity index is 1.62. The summed E-state index contributed by atoms with van der Waals surface area (Å²) in [4.78, 5) is 2.60. The van der Waals surface area contributed by atoms with E-state index in [0.29, 0.717) is 12.1 Å². The van der Waals surface area contributed by atoms with Crippen molar-refractivity contribution in [3.63, 3.8) is 0 Å². The van der Waals surface area contributed by atoms with Crippen LogP contribution in [0.5, 0.6) is 5.75 Å². The molecule has 2 aliphatic heterocycles. The molecule has 0 amide bonds. The average molecular weight is 260 g/mol. The van der Waals surface area contributed by atoms with Gasteiger partial charge in [0, 0.05) is 32.1 Å². The van der Waals surface area contributed by atoms with E-state index in [-0.39, 0.29) is 0 Å². The van der Waals surface area contributed by atoms with Gasteiger partial charge in [0.2, 0.25) is 0 Å². The third kappa shape index (κ3) is 2.77. The molecule has 0 bridgehead atoms. The highest BCUT2D eigenvalue weighted by Crippen LogP contribution is 2.30. The summed E-state index contributed by atoms with van der Waals surface area (Å²) in [6, 6.07) is 7.25. The molecule has 3 rings (SSSR count). The number of ether oxygens (including phenoxy) is 1. The molecule has 0 aromatic heterocycles. The van der Waals surface area contributed by atoms with E-state index in [4.69, 9.17) is 4.74 Å². The van der Waals surface area contributed by atoms with E-state index in [2.05, 4.69) is 42.3 Å². The predicted octanol–water partition coefficient (Wildman–Crippen LogP) is 1.98. The smallest absolute Gasteiger partial charge is 0.123 e. The molecule has 1 unspecified atom stereocenters. The van der Waals surface area contributed by atoms with E-state index in [1.165, 1.54) is 24.1 Å². The summed E-state index contributed by atoms with van der Waals surface area (Å²) in [5.74, 6) is 1.10. The minimum absolute atomic E-state index is 0.337. The van der Waals surface area contributed by atoms with Crippen molar-refractivity contribution in [1.82, 2.24) is 10.2 Å². The van der Waals surface area contributed by atoms with Crippen molar-refractivity contribution in [2.45, 2.75) is 38.8 Å². The van der Waals surface area contributed by atoms with Crippen molar-refractivity contribution in [1.29, 1.82) is 0 Å². The molecule has 0 saturated carbocycles. The normalized spacial score (nSPS) is 22.2. The minimum Gasteiger partial charge on any atom is -0.488 e. The Morgan fingerprint density at radius 2 is 2.21 bits per heavy atom. The van der Waals surface area contributed by atoms with Gasteiger partial charge >= 0.3 is 0 Å². The van der Waals surface area contributed by atoms with Crippen LogP contribution in [0.3, 0.4) is 0 Å². The molecule has 2 aliphatic rings. The highest BCUT2D eigenvalue weighted by Gasteiger charge is 2.30. The van der Waals surface area contributed by atoms with Crippen LogP contribution in [-0.4, -0.2) is 43.2 Å². The second kappa shape index (κ2) is 5.51. The SMILES string of the molecule is CCCN(CC1Cc2cc(C)ccc2O1)C1CNC1. The summed E-state index contributed by atoms with van der Waals surface area (Å²) in [7, 11) is 0. The second-order valence-electron chi connectivity index (χ2n) is 5.86. The number of hydrogen-bond donors (Lipinski definition) is 1. The maximum absolute atomic E-state index is 6.10. The molecule has 1 aromatic carbocycles. The standard InChI is InChI=1S/C16H24N2O/c1-3-6-18(14-9-17-10-14)11-15-8-13-7-12(2)4-5-16(13)19-15/h4-5,7,14-15,17H,3,6,8-11H2,1-2H3. The van der Waals surface area contributed by atoms with Gasteiger partial charge in [0.05, 0.1) is 0 Å². The fourth-order valence-corrected chi connectivity index (χ4v) is 3.05. The van der Waals surface area contributed by atoms with E-state index in [1.54, 1.807) is 0 Å². The Kier molecular flexibility index (Phi) is 3.76. The predicted molar refractivity (Wildman–Crippen MR) is 77.8 cm³/mol. The Bertz CT molecular complexity index is 442. The Hall–Kier alpha value is -1.06. The van der Waals surface area contributed by atoms with Gasteiger partial charge in [0.25, 0.3) is 0 Å². The Morgan fingerprint density at radius 3 is 2.89 bits per heavy atom. The van der Waals surface area contributed by atoms with Crippen LogP contribution >= 0.6 is 0 Å². The van der Waals surface area contributed by atoms with Crippen LogP contribution in [0.1, 0.15) is 24.5 Å². The summed E-state index contributed by atoms with van der Waals surface area (Å²) < 4.78 is 6.10. The monoisotopic (exact) mass is 260 g/mol. The summed E-state index contributed by atoms with van der Waals surface area (Å²) in [6.07, 6.45) is 2.62. The molecular formula is C16H24N2O. The lowest BCUT2D eigenvalue weighted by Gasteiger charge is -2.39. The second-order valence-corrected chi connectivity index (χ2v) is 5.86. The number of nitrogens with one attached hydrogen (secondary N) is 1. The molecule has 1 fully saturated rings. The molecule has 0 aliphatic carbocycles. The van der Waals surface area contributed by atoms with E-state index in [1.807, 2.05) is 0 Å². The quantitative estimate of drug-likeness (QED) is 0.876. The zero-order chi connectivity index (χ0) is 13.2. The van der Waals surface area contributed by atoms with Gasteiger partial charge in [-0.25, -0.2) is 0 Å². The first-order valence-corrected chi connectivity index (χ1v) is 7.47. The van der Waals surface area contributed by atoms with Crippen LogP contribution < -0.4 is 10.1 Å². The average Bonchev–Trinajstić information content (AvgIpc) is 2.68. The first kappa shape index (κ1) is 12.9. The zero-order valence-electron chi connectivity index (χ0n) is 12.0. The van der Waals surface area contributed by atoms with Crippen molar-refractivity contribution in [3.05, 3.63) is 29.3 Å². The molecule has 1 saturated heterocycles. The van der Waals surface area contributed by atoms with Crippen LogP contribution in [0.15, 0.2) is 18.2 Å². The lowest BCUT2D eigenvalue weighted by molar-refractivity contribution is 0.0903. The summed E-state index contributed by atoms with van der Waals surface area (Å²) in [5, 5.41) is 3.37. The lowest BCUT2D eigenvalue weighted by Crippen LogP contribution is -2.59. The maximum atomic E-state index is 6.10. The number of nitrogens with zero attached hydrogens (tertiary/aromatic N) is 1. The third-order valence-corrected chi connectivity index (χ3v) is 4.18. The van der Waals surface area contributed by atoms with Crippen LogP contribution in [0.25, 0.3) is 0 Å². The van der Waals surface area contributed by atoms with Gasteiger partial charge in [-0.3, -0.25) is 4.90 Å². The molecule has 19 heavy (non-hydrogen) atoms. The molecule has 1 aromatic rings. The van der Waals surface area contributed by atoms with Gasteiger partial charge < -0.3 is 10.1 Å². The van der Waals surface area contributed by atoms with Crippen molar-refractivity contribution in [2.75, 3.05) is 26.2 Å². The molecule has 104 valence electrons. The molecule has 3 nitrogen and oxygen atoms in total. The fourth-order valence-electron chi connectivity index (χ4n) is 3.05. The number of hydrogen-bond acceptors (Lipinski definition) is 3. The van der Waals surface area contributed by atoms with Crippen LogP contribution in [0.4, 0.5) is 0 Å². The molecule has 2 heterocycles. The van der Waals surface area contributed by atoms with E-state index in [0.717, 1.165) is 31.8 Å². The van der Waals surface area contributed by atoms with Gasteiger partial charge in [-0.1, -0.05) is 24.6 Å². The summed E-state index contributed by atoms with van der Waals surface area (Å²) in [6.45, 7) is 8.93. The molecule has 0 spiro atoms. The van der Waals surface area contributed by atoms with Gasteiger partial charge in [-0.2, -0.15) is 0 Å². The molecule has 1 atom stereocenters. The van der Waals surface area contributed by atoms with Gasteiger partial charge in [0.1, 0.15) is 11.9 Å². The fraction of sp³-hybridized carbons (Fsp3) is 0.625. The molecule has 0 radical (unpaired) electrons. The first-order valence-electron chi connectivity index (χ1n) is 7.47. The number of fused-ring (bicyclic) bond motifs is 1. The molecule has 3 heteroatoms. The van der Waals surface area contributed by atoms with E-state index >= 15 is 0 Å². The largest absolute Gasteiger partial charge is 0.488 e. The summed E-state index contributed by atoms with van der Waals surface area (Å²) >= 11 is 0. The van der Waals surface area contributed by atoms with E-state index in [9.17, 15) is 0 Å². The zero-order valence-corrected chi connectivity index (χ0v) is 12.0. The number of rotatable bonds is 5. The number of benzene rings is 1. The Labute approximate surface area is 115 Å². The van der Waals surface area contributed by atoms with Crippen molar-refractivity contribution in [2.24, 2.45) is 0 Å². The Morgan fingerprint density at radius 1 is 1.37 bits per heavy atom. The summed E-state index contributed by atoms with van der Waals surface area (Å²) in [5.41, 5.74) is 2.71. The highest BCUT2D eigenvalue weighted by atomic mass is 16.5. The highest BCUT2D eigenvalue weighted by molar-refractivity contribution is 5.40. The van der Waals surface area contributed by atoms with Gasteiger partial charge in [-0.05, 0) is 31.5 Å². The van der Waals surface area contributed by atoms with Crippen LogP contribution in [0.2, 0.25) is 0 Å². The van der Waals surface area contributed by atoms with Crippen molar-refractivity contribution < 1.29 is 4.74 Å². The molecule has 1 N–H and O–H groups in total. The third-order valence-electron chi connectivity index (χ3n) is 4.18. The number of aryl methyl sites for hydroxylation is 1. The van der Waals surface area contributed by atoms with Gasteiger partial charge in [-0.15, -0.1) is 0 Å². The minimum atomic E-state index is 0.337. The maximum Gasteiger partial charge on any atom is 0.123 e. The lowest BCUT2D eigenvalue weighted by atomic mass is 10.1. The topological polar surface area (TPSA) is 24.5 Å². The van der Waals surface area contributed by atoms with Crippen LogP contribution in [0, 0.1) is 6.92 Å². The van der Waals surface area contributed by atoms with Crippen molar-refractivity contribution in [3.8, 4) is 5.75 Å². The van der Waals surface area contributed by atoms with Crippen molar-refractivity contribution >= 4 is 0 Å².